The second-order valence-electron chi connectivity index (χ2n) is 4.21. The molecule has 6 heteroatoms. The first-order valence-electron chi connectivity index (χ1n) is 6.61. The maximum Gasteiger partial charge on any atom is 0.323 e. The summed E-state index contributed by atoms with van der Waals surface area (Å²) in [6.45, 7) is 3.36. The van der Waals surface area contributed by atoms with Crippen molar-refractivity contribution in [2.24, 2.45) is 0 Å². The van der Waals surface area contributed by atoms with E-state index < -0.39 is 0 Å². The average Bonchev–Trinajstić information content (AvgIpc) is 2.48. The van der Waals surface area contributed by atoms with Gasteiger partial charge in [-0.05, 0) is 32.2 Å². The highest BCUT2D eigenvalue weighted by Crippen LogP contribution is 2.34. The molecule has 0 saturated heterocycles. The third-order valence-electron chi connectivity index (χ3n) is 2.85. The van der Waals surface area contributed by atoms with Crippen molar-refractivity contribution in [3.63, 3.8) is 0 Å². The summed E-state index contributed by atoms with van der Waals surface area (Å²) in [6.07, 6.45) is 0. The molecule has 0 aliphatic carbocycles. The van der Waals surface area contributed by atoms with Gasteiger partial charge in [0.05, 0.1) is 6.61 Å². The maximum absolute atomic E-state index is 11.7. The predicted molar refractivity (Wildman–Crippen MR) is 77.6 cm³/mol. The molecule has 0 aromatic heterocycles. The molecule has 1 N–H and O–H groups in total. The van der Waals surface area contributed by atoms with Crippen LogP contribution in [0.1, 0.15) is 6.92 Å². The minimum absolute atomic E-state index is 0.222. The van der Waals surface area contributed by atoms with Gasteiger partial charge >= 0.3 is 5.97 Å². The lowest BCUT2D eigenvalue weighted by molar-refractivity contribution is -0.144. The highest BCUT2D eigenvalue weighted by molar-refractivity contribution is 7.99. The van der Waals surface area contributed by atoms with Crippen LogP contribution in [0.25, 0.3) is 0 Å². The second-order valence-corrected chi connectivity index (χ2v) is 5.30. The molecule has 1 heterocycles. The van der Waals surface area contributed by atoms with Gasteiger partial charge in [-0.2, -0.15) is 0 Å². The summed E-state index contributed by atoms with van der Waals surface area (Å²) < 4.78 is 16.0. The number of hydrogen-bond donors (Lipinski definition) is 1. The Morgan fingerprint density at radius 2 is 2.15 bits per heavy atom. The van der Waals surface area contributed by atoms with Crippen LogP contribution in [0, 0.1) is 0 Å². The normalized spacial score (nSPS) is 14.7. The predicted octanol–water partition coefficient (Wildman–Crippen LogP) is 1.70. The lowest BCUT2D eigenvalue weighted by Gasteiger charge is -2.19. The van der Waals surface area contributed by atoms with E-state index in [1.807, 2.05) is 18.2 Å². The van der Waals surface area contributed by atoms with Gasteiger partial charge in [0.2, 0.25) is 0 Å². The fourth-order valence-electron chi connectivity index (χ4n) is 1.81. The van der Waals surface area contributed by atoms with Crippen LogP contribution < -0.4 is 14.8 Å². The molecule has 5 nitrogen and oxygen atoms in total. The topological polar surface area (TPSA) is 56.8 Å². The summed E-state index contributed by atoms with van der Waals surface area (Å²) >= 11 is 1.58. The van der Waals surface area contributed by atoms with Crippen LogP contribution in [-0.2, 0) is 9.53 Å². The second kappa shape index (κ2) is 7.40. The van der Waals surface area contributed by atoms with Crippen LogP contribution in [0.3, 0.4) is 0 Å². The number of rotatable bonds is 6. The van der Waals surface area contributed by atoms with E-state index in [9.17, 15) is 4.79 Å². The number of hydrogen-bond acceptors (Lipinski definition) is 6. The molecule has 0 saturated carbocycles. The molecule has 0 spiro atoms. The molecule has 0 radical (unpaired) electrons. The van der Waals surface area contributed by atoms with Crippen LogP contribution in [-0.4, -0.2) is 44.6 Å². The number of carbonyl (C=O) groups excluding carboxylic acids is 1. The Kier molecular flexibility index (Phi) is 5.55. The highest BCUT2D eigenvalue weighted by atomic mass is 32.2. The molecule has 1 aromatic rings. The SMILES string of the molecule is CCOC(=O)C(CSc1ccc2c(c1)OCCO2)NC. The zero-order valence-electron chi connectivity index (χ0n) is 11.7. The summed E-state index contributed by atoms with van der Waals surface area (Å²) in [6, 6.07) is 5.50. The third kappa shape index (κ3) is 3.80. The van der Waals surface area contributed by atoms with Gasteiger partial charge in [0.25, 0.3) is 0 Å². The van der Waals surface area contributed by atoms with Crippen LogP contribution in [0.4, 0.5) is 0 Å². The summed E-state index contributed by atoms with van der Waals surface area (Å²) in [7, 11) is 1.76. The Hall–Kier alpha value is -1.40. The van der Waals surface area contributed by atoms with Crippen molar-refractivity contribution in [1.29, 1.82) is 0 Å². The molecule has 1 unspecified atom stereocenters. The van der Waals surface area contributed by atoms with Crippen LogP contribution in [0.5, 0.6) is 11.5 Å². The van der Waals surface area contributed by atoms with Crippen LogP contribution in [0.2, 0.25) is 0 Å². The van der Waals surface area contributed by atoms with Gasteiger partial charge in [-0.25, -0.2) is 0 Å². The molecular formula is C14H19NO4S. The van der Waals surface area contributed by atoms with Crippen molar-refractivity contribution in [1.82, 2.24) is 5.32 Å². The first kappa shape index (κ1) is 15.0. The van der Waals surface area contributed by atoms with Gasteiger partial charge in [0, 0.05) is 10.6 Å². The van der Waals surface area contributed by atoms with Crippen molar-refractivity contribution < 1.29 is 19.0 Å². The van der Waals surface area contributed by atoms with E-state index >= 15 is 0 Å². The molecule has 1 atom stereocenters. The molecule has 0 amide bonds. The Balaban J connectivity index is 1.94. The van der Waals surface area contributed by atoms with Crippen molar-refractivity contribution >= 4 is 17.7 Å². The van der Waals surface area contributed by atoms with E-state index in [1.54, 1.807) is 25.7 Å². The van der Waals surface area contributed by atoms with Gasteiger partial charge in [0.1, 0.15) is 19.3 Å². The summed E-state index contributed by atoms with van der Waals surface area (Å²) in [5.41, 5.74) is 0. The van der Waals surface area contributed by atoms with Crippen molar-refractivity contribution in [2.45, 2.75) is 17.9 Å². The van der Waals surface area contributed by atoms with Crippen molar-refractivity contribution in [3.05, 3.63) is 18.2 Å². The Bertz CT molecular complexity index is 466. The van der Waals surface area contributed by atoms with Gasteiger partial charge < -0.3 is 19.5 Å². The molecule has 110 valence electrons. The minimum Gasteiger partial charge on any atom is -0.486 e. The molecule has 0 fully saturated rings. The maximum atomic E-state index is 11.7. The smallest absolute Gasteiger partial charge is 0.323 e. The number of likely N-dealkylation sites (N-methyl/N-ethyl adjacent to an activating group) is 1. The van der Waals surface area contributed by atoms with Crippen LogP contribution >= 0.6 is 11.8 Å². The number of esters is 1. The molecule has 1 aliphatic rings. The number of benzene rings is 1. The molecule has 1 aromatic carbocycles. The monoisotopic (exact) mass is 297 g/mol. The van der Waals surface area contributed by atoms with Crippen LogP contribution in [0.15, 0.2) is 23.1 Å². The van der Waals surface area contributed by atoms with Gasteiger partial charge in [-0.3, -0.25) is 4.79 Å². The zero-order valence-corrected chi connectivity index (χ0v) is 12.5. The lowest BCUT2D eigenvalue weighted by atomic mass is 10.3. The number of ether oxygens (including phenoxy) is 3. The molecule has 1 aliphatic heterocycles. The van der Waals surface area contributed by atoms with Gasteiger partial charge in [-0.1, -0.05) is 0 Å². The van der Waals surface area contributed by atoms with E-state index in [0.29, 0.717) is 25.6 Å². The first-order chi connectivity index (χ1) is 9.74. The fraction of sp³-hybridized carbons (Fsp3) is 0.500. The van der Waals surface area contributed by atoms with E-state index in [4.69, 9.17) is 14.2 Å². The quantitative estimate of drug-likeness (QED) is 0.637. The number of carbonyl (C=O) groups is 1. The standard InChI is InChI=1S/C14H19NO4S/c1-3-17-14(16)11(15-2)9-20-10-4-5-12-13(8-10)19-7-6-18-12/h4-5,8,11,15H,3,6-7,9H2,1-2H3. The average molecular weight is 297 g/mol. The Labute approximate surface area is 123 Å². The van der Waals surface area contributed by atoms with E-state index in [2.05, 4.69) is 5.32 Å². The fourth-order valence-corrected chi connectivity index (χ4v) is 2.82. The molecule has 20 heavy (non-hydrogen) atoms. The van der Waals surface area contributed by atoms with Gasteiger partial charge in [0.15, 0.2) is 11.5 Å². The first-order valence-corrected chi connectivity index (χ1v) is 7.59. The summed E-state index contributed by atoms with van der Waals surface area (Å²) in [4.78, 5) is 12.7. The number of nitrogens with one attached hydrogen (secondary N) is 1. The third-order valence-corrected chi connectivity index (χ3v) is 3.94. The summed E-state index contributed by atoms with van der Waals surface area (Å²) in [5.74, 6) is 1.92. The largest absolute Gasteiger partial charge is 0.486 e. The number of thioether (sulfide) groups is 1. The van der Waals surface area contributed by atoms with E-state index in [1.165, 1.54) is 0 Å². The van der Waals surface area contributed by atoms with Gasteiger partial charge in [-0.15, -0.1) is 11.8 Å². The molecular weight excluding hydrogens is 278 g/mol. The van der Waals surface area contributed by atoms with E-state index in [0.717, 1.165) is 16.4 Å². The number of fused-ring (bicyclic) bond motifs is 1. The van der Waals surface area contributed by atoms with E-state index in [-0.39, 0.29) is 12.0 Å². The molecule has 2 rings (SSSR count). The lowest BCUT2D eigenvalue weighted by Crippen LogP contribution is -2.37. The minimum atomic E-state index is -0.312. The van der Waals surface area contributed by atoms with Crippen molar-refractivity contribution in [2.75, 3.05) is 32.6 Å². The highest BCUT2D eigenvalue weighted by Gasteiger charge is 2.18. The zero-order chi connectivity index (χ0) is 14.4. The molecule has 0 bridgehead atoms. The Morgan fingerprint density at radius 1 is 1.40 bits per heavy atom. The Morgan fingerprint density at radius 3 is 2.85 bits per heavy atom. The van der Waals surface area contributed by atoms with Crippen molar-refractivity contribution in [3.8, 4) is 11.5 Å². The summed E-state index contributed by atoms with van der Waals surface area (Å²) in [5, 5.41) is 2.97.